The van der Waals surface area contributed by atoms with Crippen LogP contribution in [0, 0.1) is 17.8 Å². The van der Waals surface area contributed by atoms with E-state index in [2.05, 4.69) is 12.2 Å². The highest BCUT2D eigenvalue weighted by atomic mass is 35.5. The molecule has 0 radical (unpaired) electrons. The average molecular weight is 293 g/mol. The van der Waals surface area contributed by atoms with Gasteiger partial charge < -0.3 is 9.47 Å². The van der Waals surface area contributed by atoms with Gasteiger partial charge in [0.05, 0.1) is 6.61 Å². The van der Waals surface area contributed by atoms with Crippen molar-refractivity contribution < 1.29 is 14.3 Å². The van der Waals surface area contributed by atoms with Gasteiger partial charge in [0.15, 0.2) is 6.61 Å². The molecule has 106 valence electrons. The molecule has 1 saturated carbocycles. The SMILES string of the molecule is O=C(COc1ccc(Cl)cc1)OC[C@@H]1C[C@@H]2C=C[C@H]1C2. The van der Waals surface area contributed by atoms with Crippen molar-refractivity contribution in [2.45, 2.75) is 12.8 Å². The largest absolute Gasteiger partial charge is 0.482 e. The van der Waals surface area contributed by atoms with Gasteiger partial charge in [-0.25, -0.2) is 4.79 Å². The van der Waals surface area contributed by atoms with Crippen LogP contribution >= 0.6 is 11.6 Å². The zero-order valence-electron chi connectivity index (χ0n) is 11.1. The Labute approximate surface area is 123 Å². The molecule has 0 aromatic heterocycles. The van der Waals surface area contributed by atoms with Gasteiger partial charge in [0.2, 0.25) is 0 Å². The van der Waals surface area contributed by atoms with Gasteiger partial charge in [0.25, 0.3) is 0 Å². The van der Waals surface area contributed by atoms with Crippen molar-refractivity contribution in [1.29, 1.82) is 0 Å². The highest BCUT2D eigenvalue weighted by molar-refractivity contribution is 6.30. The van der Waals surface area contributed by atoms with E-state index in [4.69, 9.17) is 21.1 Å². The number of carbonyl (C=O) groups is 1. The number of ether oxygens (including phenoxy) is 2. The topological polar surface area (TPSA) is 35.5 Å². The van der Waals surface area contributed by atoms with Gasteiger partial charge in [-0.1, -0.05) is 23.8 Å². The van der Waals surface area contributed by atoms with Crippen molar-refractivity contribution in [3.05, 3.63) is 41.4 Å². The number of hydrogen-bond donors (Lipinski definition) is 0. The summed E-state index contributed by atoms with van der Waals surface area (Å²) in [5.74, 6) is 2.10. The third-order valence-electron chi connectivity index (χ3n) is 4.05. The summed E-state index contributed by atoms with van der Waals surface area (Å²) in [6.45, 7) is 0.451. The first kappa shape index (κ1) is 13.5. The molecule has 0 unspecified atom stereocenters. The summed E-state index contributed by atoms with van der Waals surface area (Å²) < 4.78 is 10.7. The zero-order valence-corrected chi connectivity index (χ0v) is 11.9. The molecule has 20 heavy (non-hydrogen) atoms. The molecule has 2 bridgehead atoms. The number of benzene rings is 1. The smallest absolute Gasteiger partial charge is 0.344 e. The molecular weight excluding hydrogens is 276 g/mol. The fourth-order valence-corrected chi connectivity index (χ4v) is 3.13. The minimum absolute atomic E-state index is 0.0573. The monoisotopic (exact) mass is 292 g/mol. The maximum atomic E-state index is 11.7. The first-order valence-corrected chi connectivity index (χ1v) is 7.31. The lowest BCUT2D eigenvalue weighted by Crippen LogP contribution is -2.21. The maximum Gasteiger partial charge on any atom is 0.344 e. The van der Waals surface area contributed by atoms with E-state index in [-0.39, 0.29) is 12.6 Å². The van der Waals surface area contributed by atoms with Crippen LogP contribution in [-0.4, -0.2) is 19.2 Å². The van der Waals surface area contributed by atoms with Crippen molar-refractivity contribution in [2.24, 2.45) is 17.8 Å². The fraction of sp³-hybridized carbons (Fsp3) is 0.438. The highest BCUT2D eigenvalue weighted by Gasteiger charge is 2.36. The number of hydrogen-bond acceptors (Lipinski definition) is 3. The van der Waals surface area contributed by atoms with E-state index in [9.17, 15) is 4.79 Å². The van der Waals surface area contributed by atoms with E-state index in [1.165, 1.54) is 6.42 Å². The van der Waals surface area contributed by atoms with Crippen LogP contribution < -0.4 is 4.74 Å². The molecule has 2 aliphatic carbocycles. The second-order valence-electron chi connectivity index (χ2n) is 5.47. The number of allylic oxidation sites excluding steroid dienone is 2. The Bertz CT molecular complexity index is 509. The lowest BCUT2D eigenvalue weighted by Gasteiger charge is -2.17. The van der Waals surface area contributed by atoms with Crippen LogP contribution in [0.3, 0.4) is 0 Å². The molecule has 0 amide bonds. The Hall–Kier alpha value is -1.48. The predicted octanol–water partition coefficient (Wildman–Crippen LogP) is 3.47. The molecule has 0 heterocycles. The number of halogens is 1. The van der Waals surface area contributed by atoms with Crippen LogP contribution in [0.2, 0.25) is 5.02 Å². The molecular formula is C16H17ClO3. The molecule has 3 atom stereocenters. The molecule has 0 spiro atoms. The van der Waals surface area contributed by atoms with Crippen molar-refractivity contribution in [1.82, 2.24) is 0 Å². The Balaban J connectivity index is 1.39. The lowest BCUT2D eigenvalue weighted by molar-refractivity contribution is -0.147. The number of carbonyl (C=O) groups excluding carboxylic acids is 1. The average Bonchev–Trinajstić information content (AvgIpc) is 3.07. The second-order valence-corrected chi connectivity index (χ2v) is 5.90. The first-order valence-electron chi connectivity index (χ1n) is 6.93. The lowest BCUT2D eigenvalue weighted by atomic mass is 9.95. The summed E-state index contributed by atoms with van der Waals surface area (Å²) in [6.07, 6.45) is 6.92. The predicted molar refractivity (Wildman–Crippen MR) is 76.8 cm³/mol. The van der Waals surface area contributed by atoms with Crippen LogP contribution in [0.4, 0.5) is 0 Å². The van der Waals surface area contributed by atoms with E-state index in [0.717, 1.165) is 6.42 Å². The van der Waals surface area contributed by atoms with Crippen molar-refractivity contribution in [3.8, 4) is 5.75 Å². The molecule has 1 fully saturated rings. The Morgan fingerprint density at radius 3 is 2.65 bits per heavy atom. The molecule has 4 heteroatoms. The van der Waals surface area contributed by atoms with Gasteiger partial charge in [-0.2, -0.15) is 0 Å². The minimum atomic E-state index is -0.313. The molecule has 0 saturated heterocycles. The maximum absolute atomic E-state index is 11.7. The summed E-state index contributed by atoms with van der Waals surface area (Å²) in [5, 5.41) is 0.643. The first-order chi connectivity index (χ1) is 9.70. The van der Waals surface area contributed by atoms with Crippen molar-refractivity contribution >= 4 is 17.6 Å². The number of fused-ring (bicyclic) bond motifs is 2. The van der Waals surface area contributed by atoms with E-state index >= 15 is 0 Å². The quantitative estimate of drug-likeness (QED) is 0.616. The number of rotatable bonds is 5. The standard InChI is InChI=1S/C16H17ClO3/c17-14-3-5-15(6-4-14)19-10-16(18)20-9-13-8-11-1-2-12(13)7-11/h1-6,11-13H,7-10H2/t11-,12+,13+/m1/s1. The molecule has 1 aromatic carbocycles. The summed E-state index contributed by atoms with van der Waals surface area (Å²) in [4.78, 5) is 11.7. The molecule has 3 nitrogen and oxygen atoms in total. The fourth-order valence-electron chi connectivity index (χ4n) is 3.00. The van der Waals surface area contributed by atoms with Crippen molar-refractivity contribution in [2.75, 3.05) is 13.2 Å². The van der Waals surface area contributed by atoms with E-state index in [1.54, 1.807) is 24.3 Å². The van der Waals surface area contributed by atoms with Gasteiger partial charge in [0.1, 0.15) is 5.75 Å². The Morgan fingerprint density at radius 2 is 2.00 bits per heavy atom. The molecule has 0 N–H and O–H groups in total. The van der Waals surface area contributed by atoms with E-state index in [1.807, 2.05) is 0 Å². The van der Waals surface area contributed by atoms with Gasteiger partial charge in [-0.3, -0.25) is 0 Å². The zero-order chi connectivity index (χ0) is 13.9. The molecule has 1 aromatic rings. The summed E-state index contributed by atoms with van der Waals surface area (Å²) in [6, 6.07) is 6.92. The Kier molecular flexibility index (Phi) is 3.97. The third kappa shape index (κ3) is 3.15. The molecule has 2 aliphatic rings. The molecule has 3 rings (SSSR count). The van der Waals surface area contributed by atoms with Crippen LogP contribution in [-0.2, 0) is 9.53 Å². The second kappa shape index (κ2) is 5.88. The number of esters is 1. The third-order valence-corrected chi connectivity index (χ3v) is 4.30. The van der Waals surface area contributed by atoms with E-state index in [0.29, 0.717) is 35.1 Å². The summed E-state index contributed by atoms with van der Waals surface area (Å²) in [7, 11) is 0. The van der Waals surface area contributed by atoms with Gasteiger partial charge >= 0.3 is 5.97 Å². The van der Waals surface area contributed by atoms with Crippen LogP contribution in [0.5, 0.6) is 5.75 Å². The van der Waals surface area contributed by atoms with Crippen molar-refractivity contribution in [3.63, 3.8) is 0 Å². The van der Waals surface area contributed by atoms with E-state index < -0.39 is 0 Å². The minimum Gasteiger partial charge on any atom is -0.482 e. The van der Waals surface area contributed by atoms with Crippen LogP contribution in [0.1, 0.15) is 12.8 Å². The Morgan fingerprint density at radius 1 is 1.20 bits per heavy atom. The summed E-state index contributed by atoms with van der Waals surface area (Å²) >= 11 is 5.78. The molecule has 0 aliphatic heterocycles. The normalized spacial score (nSPS) is 26.8. The summed E-state index contributed by atoms with van der Waals surface area (Å²) in [5.41, 5.74) is 0. The van der Waals surface area contributed by atoms with Gasteiger partial charge in [0, 0.05) is 5.02 Å². The van der Waals surface area contributed by atoms with Gasteiger partial charge in [-0.05, 0) is 54.9 Å². The van der Waals surface area contributed by atoms with Gasteiger partial charge in [-0.15, -0.1) is 0 Å². The van der Waals surface area contributed by atoms with Crippen LogP contribution in [0.15, 0.2) is 36.4 Å². The highest BCUT2D eigenvalue weighted by Crippen LogP contribution is 2.43. The van der Waals surface area contributed by atoms with Crippen LogP contribution in [0.25, 0.3) is 0 Å².